The van der Waals surface area contributed by atoms with E-state index in [2.05, 4.69) is 25.8 Å². The minimum absolute atomic E-state index is 0.0194. The van der Waals surface area contributed by atoms with E-state index in [0.717, 1.165) is 5.56 Å². The van der Waals surface area contributed by atoms with Gasteiger partial charge in [0.25, 0.3) is 0 Å². The van der Waals surface area contributed by atoms with Crippen LogP contribution in [0.25, 0.3) is 0 Å². The first-order valence-corrected chi connectivity index (χ1v) is 7.81. The lowest BCUT2D eigenvalue weighted by Crippen LogP contribution is -2.26. The summed E-state index contributed by atoms with van der Waals surface area (Å²) < 4.78 is 1.47. The van der Waals surface area contributed by atoms with Crippen molar-refractivity contribution in [3.05, 3.63) is 46.5 Å². The number of carbonyl (C=O) groups is 1. The smallest absolute Gasteiger partial charge is 0.245 e. The van der Waals surface area contributed by atoms with Crippen molar-refractivity contribution >= 4 is 41.2 Å². The van der Waals surface area contributed by atoms with Gasteiger partial charge in [0.05, 0.1) is 12.6 Å². The summed E-state index contributed by atoms with van der Waals surface area (Å²) in [5.41, 5.74) is 8.68. The first-order chi connectivity index (χ1) is 12.0. The molecular weight excluding hydrogens is 369 g/mol. The number of hydrogen-bond donors (Lipinski definition) is 2. The van der Waals surface area contributed by atoms with Crippen LogP contribution in [0.3, 0.4) is 0 Å². The van der Waals surface area contributed by atoms with Crippen LogP contribution in [0.5, 0.6) is 0 Å². The number of rotatable bonds is 8. The monoisotopic (exact) mass is 383 g/mol. The van der Waals surface area contributed by atoms with E-state index in [-0.39, 0.29) is 25.4 Å². The average molecular weight is 384 g/mol. The van der Waals surface area contributed by atoms with E-state index in [0.29, 0.717) is 10.0 Å². The molecule has 0 aliphatic heterocycles. The number of hydrazone groups is 1. The predicted molar refractivity (Wildman–Crippen MR) is 94.1 cm³/mol. The summed E-state index contributed by atoms with van der Waals surface area (Å²) in [5, 5.41) is 12.3. The van der Waals surface area contributed by atoms with Gasteiger partial charge in [-0.05, 0) is 12.1 Å². The number of benzene rings is 1. The van der Waals surface area contributed by atoms with E-state index in [1.54, 1.807) is 18.2 Å². The molecule has 0 spiro atoms. The number of nitrogens with zero attached hydrogens (tertiary/aromatic N) is 5. The summed E-state index contributed by atoms with van der Waals surface area (Å²) in [6.45, 7) is 0.385. The van der Waals surface area contributed by atoms with Gasteiger partial charge in [0.2, 0.25) is 5.91 Å². The summed E-state index contributed by atoms with van der Waals surface area (Å²) in [6, 6.07) is 5.05. The van der Waals surface area contributed by atoms with Crippen molar-refractivity contribution in [3.63, 3.8) is 0 Å². The zero-order chi connectivity index (χ0) is 18.1. The van der Waals surface area contributed by atoms with Crippen molar-refractivity contribution in [1.29, 1.82) is 0 Å². The van der Waals surface area contributed by atoms with Crippen molar-refractivity contribution in [2.75, 3.05) is 0 Å². The molecule has 132 valence electrons. The van der Waals surface area contributed by atoms with Gasteiger partial charge in [0, 0.05) is 15.6 Å². The second-order valence-electron chi connectivity index (χ2n) is 4.73. The van der Waals surface area contributed by atoms with Crippen molar-refractivity contribution in [3.8, 4) is 0 Å². The van der Waals surface area contributed by atoms with Gasteiger partial charge in [-0.15, -0.1) is 0 Å². The first-order valence-electron chi connectivity index (χ1n) is 7.05. The second-order valence-corrected chi connectivity index (χ2v) is 5.58. The molecule has 1 heterocycles. The van der Waals surface area contributed by atoms with E-state index in [1.165, 1.54) is 23.6 Å². The molecular formula is C14H15Cl2N7O2. The number of carbonyl (C=O) groups excluding carboxylic acids is 1. The second kappa shape index (κ2) is 9.60. The lowest BCUT2D eigenvalue weighted by molar-refractivity contribution is -0.119. The minimum atomic E-state index is -0.390. The molecule has 1 amide bonds. The SMILES string of the molecule is NC(Cn1cncn1)=NNC(=O)C/C=N/OCc1ccc(Cl)cc1Cl. The van der Waals surface area contributed by atoms with Crippen LogP contribution in [0.4, 0.5) is 0 Å². The van der Waals surface area contributed by atoms with Gasteiger partial charge in [-0.25, -0.2) is 15.1 Å². The third-order valence-corrected chi connectivity index (χ3v) is 3.36. The molecule has 0 saturated carbocycles. The highest BCUT2D eigenvalue weighted by molar-refractivity contribution is 6.35. The Morgan fingerprint density at radius 1 is 1.44 bits per heavy atom. The highest BCUT2D eigenvalue weighted by Gasteiger charge is 2.02. The van der Waals surface area contributed by atoms with Gasteiger partial charge >= 0.3 is 0 Å². The van der Waals surface area contributed by atoms with Gasteiger partial charge in [-0.2, -0.15) is 10.2 Å². The summed E-state index contributed by atoms with van der Waals surface area (Å²) in [6.07, 6.45) is 4.15. The third-order valence-electron chi connectivity index (χ3n) is 2.78. The third kappa shape index (κ3) is 6.77. The Hall–Kier alpha value is -2.65. The van der Waals surface area contributed by atoms with E-state index >= 15 is 0 Å². The summed E-state index contributed by atoms with van der Waals surface area (Å²) in [7, 11) is 0. The lowest BCUT2D eigenvalue weighted by Gasteiger charge is -2.03. The number of nitrogens with one attached hydrogen (secondary N) is 1. The van der Waals surface area contributed by atoms with Crippen LogP contribution in [0.1, 0.15) is 12.0 Å². The number of oxime groups is 1. The van der Waals surface area contributed by atoms with Gasteiger partial charge in [0.15, 0.2) is 0 Å². The molecule has 3 N–H and O–H groups in total. The maximum atomic E-state index is 11.6. The number of amides is 1. The normalized spacial score (nSPS) is 11.7. The van der Waals surface area contributed by atoms with Crippen LogP contribution in [-0.4, -0.2) is 32.7 Å². The lowest BCUT2D eigenvalue weighted by atomic mass is 10.2. The molecule has 0 unspecified atom stereocenters. The Kier molecular flexibility index (Phi) is 7.17. The number of nitrogens with two attached hydrogens (primary N) is 1. The van der Waals surface area contributed by atoms with Crippen LogP contribution >= 0.6 is 23.2 Å². The Labute approximate surface area is 153 Å². The van der Waals surface area contributed by atoms with Crippen molar-refractivity contribution < 1.29 is 9.63 Å². The molecule has 11 heteroatoms. The Balaban J connectivity index is 1.68. The fraction of sp³-hybridized carbons (Fsp3) is 0.214. The van der Waals surface area contributed by atoms with E-state index in [1.807, 2.05) is 0 Å². The zero-order valence-electron chi connectivity index (χ0n) is 13.0. The topological polar surface area (TPSA) is 120 Å². The van der Waals surface area contributed by atoms with Crippen LogP contribution in [-0.2, 0) is 22.8 Å². The Bertz CT molecular complexity index is 763. The van der Waals surface area contributed by atoms with Gasteiger partial charge in [-0.3, -0.25) is 4.79 Å². The zero-order valence-corrected chi connectivity index (χ0v) is 14.5. The highest BCUT2D eigenvalue weighted by atomic mass is 35.5. The number of halogens is 2. The summed E-state index contributed by atoms with van der Waals surface area (Å²) in [4.78, 5) is 20.4. The Morgan fingerprint density at radius 2 is 2.28 bits per heavy atom. The molecule has 0 atom stereocenters. The van der Waals surface area contributed by atoms with Gasteiger partial charge < -0.3 is 10.6 Å². The molecule has 0 aliphatic carbocycles. The number of aromatic nitrogens is 3. The van der Waals surface area contributed by atoms with Crippen molar-refractivity contribution in [2.45, 2.75) is 19.6 Å². The predicted octanol–water partition coefficient (Wildman–Crippen LogP) is 1.57. The van der Waals surface area contributed by atoms with Crippen LogP contribution < -0.4 is 11.2 Å². The molecule has 1 aromatic heterocycles. The fourth-order valence-corrected chi connectivity index (χ4v) is 2.08. The number of amidine groups is 1. The molecule has 0 bridgehead atoms. The molecule has 0 aliphatic rings. The molecule has 0 radical (unpaired) electrons. The van der Waals surface area contributed by atoms with Crippen LogP contribution in [0, 0.1) is 0 Å². The molecule has 1 aromatic carbocycles. The molecule has 25 heavy (non-hydrogen) atoms. The Morgan fingerprint density at radius 3 is 3.00 bits per heavy atom. The van der Waals surface area contributed by atoms with Crippen LogP contribution in [0.2, 0.25) is 10.0 Å². The van der Waals surface area contributed by atoms with E-state index in [4.69, 9.17) is 33.8 Å². The maximum Gasteiger partial charge on any atom is 0.245 e. The van der Waals surface area contributed by atoms with Crippen LogP contribution in [0.15, 0.2) is 41.1 Å². The molecule has 0 saturated heterocycles. The molecule has 2 rings (SSSR count). The fourth-order valence-electron chi connectivity index (χ4n) is 1.61. The number of hydrogen-bond acceptors (Lipinski definition) is 6. The summed E-state index contributed by atoms with van der Waals surface area (Å²) in [5.74, 6) is -0.206. The molecule has 0 fully saturated rings. The first kappa shape index (κ1) is 18.7. The highest BCUT2D eigenvalue weighted by Crippen LogP contribution is 2.21. The summed E-state index contributed by atoms with van der Waals surface area (Å²) >= 11 is 11.8. The van der Waals surface area contributed by atoms with Crippen molar-refractivity contribution in [1.82, 2.24) is 20.2 Å². The van der Waals surface area contributed by atoms with Crippen molar-refractivity contribution in [2.24, 2.45) is 16.0 Å². The molecule has 2 aromatic rings. The van der Waals surface area contributed by atoms with E-state index < -0.39 is 5.91 Å². The van der Waals surface area contributed by atoms with E-state index in [9.17, 15) is 4.79 Å². The van der Waals surface area contributed by atoms with Gasteiger partial charge in [0.1, 0.15) is 31.6 Å². The quantitative estimate of drug-likeness (QED) is 0.407. The molecule has 9 nitrogen and oxygen atoms in total. The standard InChI is InChI=1S/C14H15Cl2N7O2/c15-11-2-1-10(12(16)5-11)7-25-20-4-3-14(24)22-21-13(17)6-23-9-18-8-19-23/h1-2,4-5,8-9H,3,6-7H2,(H2,17,21)(H,22,24)/b20-4+. The minimum Gasteiger partial charge on any atom is -0.391 e. The van der Waals surface area contributed by atoms with Gasteiger partial charge in [-0.1, -0.05) is 34.4 Å². The average Bonchev–Trinajstić information content (AvgIpc) is 3.07. The maximum absolute atomic E-state index is 11.6. The largest absolute Gasteiger partial charge is 0.391 e.